The molecular formula is C11H7FO2. The molecule has 0 bridgehead atoms. The lowest BCUT2D eigenvalue weighted by Crippen LogP contribution is -1.90. The highest BCUT2D eigenvalue weighted by Gasteiger charge is 2.09. The fraction of sp³-hybridized carbons (Fsp3) is 0. The van der Waals surface area contributed by atoms with E-state index in [-0.39, 0.29) is 5.56 Å². The summed E-state index contributed by atoms with van der Waals surface area (Å²) >= 11 is 0. The molecule has 70 valence electrons. The van der Waals surface area contributed by atoms with Crippen LogP contribution in [0.4, 0.5) is 4.39 Å². The van der Waals surface area contributed by atoms with Gasteiger partial charge in [-0.2, -0.15) is 0 Å². The van der Waals surface area contributed by atoms with Gasteiger partial charge in [-0.1, -0.05) is 12.1 Å². The number of rotatable bonds is 2. The highest BCUT2D eigenvalue weighted by molar-refractivity contribution is 5.87. The first kappa shape index (κ1) is 8.69. The summed E-state index contributed by atoms with van der Waals surface area (Å²) < 4.78 is 18.1. The molecule has 1 heterocycles. The molecule has 2 nitrogen and oxygen atoms in total. The second-order valence-electron chi connectivity index (χ2n) is 2.83. The Balaban J connectivity index is 2.64. The zero-order valence-corrected chi connectivity index (χ0v) is 7.24. The minimum absolute atomic E-state index is 0.0638. The van der Waals surface area contributed by atoms with E-state index in [4.69, 9.17) is 4.42 Å². The molecule has 0 fully saturated rings. The number of benzene rings is 1. The third-order valence-corrected chi connectivity index (χ3v) is 2.00. The number of carbonyl (C=O) groups excluding carboxylic acids is 1. The van der Waals surface area contributed by atoms with Crippen molar-refractivity contribution in [2.75, 3.05) is 0 Å². The molecule has 1 aromatic carbocycles. The van der Waals surface area contributed by atoms with E-state index in [0.717, 1.165) is 0 Å². The summed E-state index contributed by atoms with van der Waals surface area (Å²) in [6.07, 6.45) is 3.47. The minimum atomic E-state index is -0.515. The van der Waals surface area contributed by atoms with E-state index in [1.54, 1.807) is 18.2 Å². The van der Waals surface area contributed by atoms with Crippen molar-refractivity contribution in [1.82, 2.24) is 0 Å². The maximum Gasteiger partial charge on any atom is 0.153 e. The van der Waals surface area contributed by atoms with Gasteiger partial charge in [-0.15, -0.1) is 0 Å². The molecular weight excluding hydrogens is 183 g/mol. The molecule has 1 aromatic heterocycles. The first-order valence-electron chi connectivity index (χ1n) is 4.09. The molecule has 14 heavy (non-hydrogen) atoms. The van der Waals surface area contributed by atoms with E-state index < -0.39 is 5.82 Å². The van der Waals surface area contributed by atoms with Crippen molar-refractivity contribution in [3.8, 4) is 11.1 Å². The van der Waals surface area contributed by atoms with Gasteiger partial charge in [-0.25, -0.2) is 4.39 Å². The first-order chi connectivity index (χ1) is 6.83. The number of halogens is 1. The molecule has 2 aromatic rings. The Labute approximate surface area is 80.0 Å². The maximum atomic E-state index is 13.2. The molecule has 0 aliphatic carbocycles. The molecule has 0 saturated heterocycles. The maximum absolute atomic E-state index is 13.2. The lowest BCUT2D eigenvalue weighted by atomic mass is 10.0. The van der Waals surface area contributed by atoms with E-state index >= 15 is 0 Å². The SMILES string of the molecule is O=Cc1c(F)cccc1-c1ccoc1. The molecule has 0 aliphatic rings. The average molecular weight is 190 g/mol. The summed E-state index contributed by atoms with van der Waals surface area (Å²) in [6, 6.07) is 6.18. The van der Waals surface area contributed by atoms with Gasteiger partial charge in [0.2, 0.25) is 0 Å². The lowest BCUT2D eigenvalue weighted by molar-refractivity contribution is 0.112. The number of furan rings is 1. The third-order valence-electron chi connectivity index (χ3n) is 2.00. The molecule has 0 N–H and O–H groups in total. The zero-order chi connectivity index (χ0) is 9.97. The fourth-order valence-electron chi connectivity index (χ4n) is 1.33. The highest BCUT2D eigenvalue weighted by atomic mass is 19.1. The van der Waals surface area contributed by atoms with Crippen molar-refractivity contribution in [3.63, 3.8) is 0 Å². The van der Waals surface area contributed by atoms with Crippen LogP contribution < -0.4 is 0 Å². The smallest absolute Gasteiger partial charge is 0.153 e. The number of hydrogen-bond donors (Lipinski definition) is 0. The van der Waals surface area contributed by atoms with Crippen LogP contribution in [-0.4, -0.2) is 6.29 Å². The molecule has 0 saturated carbocycles. The summed E-state index contributed by atoms with van der Waals surface area (Å²) in [5.41, 5.74) is 1.31. The van der Waals surface area contributed by atoms with E-state index in [9.17, 15) is 9.18 Å². The van der Waals surface area contributed by atoms with Gasteiger partial charge >= 0.3 is 0 Å². The molecule has 2 rings (SSSR count). The molecule has 3 heteroatoms. The monoisotopic (exact) mass is 190 g/mol. The third kappa shape index (κ3) is 1.33. The quantitative estimate of drug-likeness (QED) is 0.681. The number of aldehydes is 1. The van der Waals surface area contributed by atoms with E-state index in [1.807, 2.05) is 0 Å². The second-order valence-corrected chi connectivity index (χ2v) is 2.83. The van der Waals surface area contributed by atoms with Crippen LogP contribution >= 0.6 is 0 Å². The van der Waals surface area contributed by atoms with Gasteiger partial charge in [-0.05, 0) is 17.7 Å². The van der Waals surface area contributed by atoms with Gasteiger partial charge in [0.05, 0.1) is 18.1 Å². The predicted molar refractivity (Wildman–Crippen MR) is 49.5 cm³/mol. The van der Waals surface area contributed by atoms with Crippen LogP contribution in [0.2, 0.25) is 0 Å². The van der Waals surface area contributed by atoms with Crippen LogP contribution in [0.1, 0.15) is 10.4 Å². The van der Waals surface area contributed by atoms with Crippen molar-refractivity contribution in [1.29, 1.82) is 0 Å². The topological polar surface area (TPSA) is 30.2 Å². The summed E-state index contributed by atoms with van der Waals surface area (Å²) in [5, 5.41) is 0. The standard InChI is InChI=1S/C11H7FO2/c12-11-3-1-2-9(10(11)6-13)8-4-5-14-7-8/h1-7H. The van der Waals surface area contributed by atoms with Gasteiger partial charge in [0.25, 0.3) is 0 Å². The molecule has 0 amide bonds. The summed E-state index contributed by atoms with van der Waals surface area (Å²) in [4.78, 5) is 10.7. The van der Waals surface area contributed by atoms with E-state index in [1.165, 1.54) is 18.6 Å². The van der Waals surface area contributed by atoms with E-state index in [2.05, 4.69) is 0 Å². The van der Waals surface area contributed by atoms with Crippen molar-refractivity contribution in [2.24, 2.45) is 0 Å². The van der Waals surface area contributed by atoms with Crippen LogP contribution in [0.25, 0.3) is 11.1 Å². The van der Waals surface area contributed by atoms with Crippen molar-refractivity contribution < 1.29 is 13.6 Å². The summed E-state index contributed by atoms with van der Waals surface area (Å²) in [7, 11) is 0. The predicted octanol–water partition coefficient (Wildman–Crippen LogP) is 2.90. The summed E-state index contributed by atoms with van der Waals surface area (Å²) in [5.74, 6) is -0.515. The van der Waals surface area contributed by atoms with Crippen molar-refractivity contribution >= 4 is 6.29 Å². The van der Waals surface area contributed by atoms with Crippen LogP contribution in [-0.2, 0) is 0 Å². The highest BCUT2D eigenvalue weighted by Crippen LogP contribution is 2.24. The Morgan fingerprint density at radius 3 is 2.79 bits per heavy atom. The Bertz CT molecular complexity index is 446. The van der Waals surface area contributed by atoms with Gasteiger partial charge in [0.1, 0.15) is 5.82 Å². The van der Waals surface area contributed by atoms with E-state index in [0.29, 0.717) is 17.4 Å². The van der Waals surface area contributed by atoms with Crippen LogP contribution in [0.15, 0.2) is 41.2 Å². The molecule has 0 atom stereocenters. The number of hydrogen-bond acceptors (Lipinski definition) is 2. The summed E-state index contributed by atoms with van der Waals surface area (Å²) in [6.45, 7) is 0. The molecule has 0 unspecified atom stereocenters. The first-order valence-corrected chi connectivity index (χ1v) is 4.09. The number of carbonyl (C=O) groups is 1. The van der Waals surface area contributed by atoms with Gasteiger partial charge in [-0.3, -0.25) is 4.79 Å². The average Bonchev–Trinajstić information content (AvgIpc) is 2.70. The molecule has 0 spiro atoms. The normalized spacial score (nSPS) is 10.1. The minimum Gasteiger partial charge on any atom is -0.472 e. The Morgan fingerprint density at radius 1 is 1.29 bits per heavy atom. The Morgan fingerprint density at radius 2 is 2.14 bits per heavy atom. The van der Waals surface area contributed by atoms with Gasteiger partial charge in [0.15, 0.2) is 6.29 Å². The van der Waals surface area contributed by atoms with Crippen LogP contribution in [0.5, 0.6) is 0 Å². The van der Waals surface area contributed by atoms with Crippen LogP contribution in [0.3, 0.4) is 0 Å². The van der Waals surface area contributed by atoms with Gasteiger partial charge in [0, 0.05) is 5.56 Å². The molecule has 0 radical (unpaired) electrons. The van der Waals surface area contributed by atoms with Gasteiger partial charge < -0.3 is 4.42 Å². The van der Waals surface area contributed by atoms with Crippen molar-refractivity contribution in [3.05, 3.63) is 48.2 Å². The zero-order valence-electron chi connectivity index (χ0n) is 7.24. The van der Waals surface area contributed by atoms with Crippen LogP contribution in [0, 0.1) is 5.82 Å². The lowest BCUT2D eigenvalue weighted by Gasteiger charge is -2.01. The second kappa shape index (κ2) is 3.46. The molecule has 0 aliphatic heterocycles. The Kier molecular flexibility index (Phi) is 2.14. The van der Waals surface area contributed by atoms with Crippen molar-refractivity contribution in [2.45, 2.75) is 0 Å². The fourth-order valence-corrected chi connectivity index (χ4v) is 1.33. The Hall–Kier alpha value is -1.90. The largest absolute Gasteiger partial charge is 0.472 e.